The molecule has 0 spiro atoms. The van der Waals surface area contributed by atoms with Gasteiger partial charge in [-0.1, -0.05) is 30.3 Å². The maximum atomic E-state index is 12.5. The first-order valence-corrected chi connectivity index (χ1v) is 8.46. The zero-order valence-corrected chi connectivity index (χ0v) is 18.7. The zero-order valence-electron chi connectivity index (χ0n) is 15.7. The summed E-state index contributed by atoms with van der Waals surface area (Å²) in [6, 6.07) is 7.09. The van der Waals surface area contributed by atoms with Crippen molar-refractivity contribution in [1.29, 1.82) is 0 Å². The Labute approximate surface area is 186 Å². The molecule has 10 heteroatoms. The fourth-order valence-corrected chi connectivity index (χ4v) is 3.14. The second-order valence-electron chi connectivity index (χ2n) is 6.33. The van der Waals surface area contributed by atoms with E-state index in [1.165, 1.54) is 4.90 Å². The van der Waals surface area contributed by atoms with E-state index in [4.69, 9.17) is 0 Å². The topological polar surface area (TPSA) is 107 Å². The van der Waals surface area contributed by atoms with E-state index in [1.54, 1.807) is 6.92 Å². The molecule has 1 amide bonds. The van der Waals surface area contributed by atoms with E-state index in [9.17, 15) is 24.6 Å². The monoisotopic (exact) mass is 450 g/mol. The Hall–Kier alpha value is -1.36. The van der Waals surface area contributed by atoms with Gasteiger partial charge in [0.2, 0.25) is 5.91 Å². The van der Waals surface area contributed by atoms with Gasteiger partial charge in [0.25, 0.3) is 0 Å². The molecule has 1 aliphatic rings. The van der Waals surface area contributed by atoms with Gasteiger partial charge >= 0.3 is 11.9 Å². The highest BCUT2D eigenvalue weighted by Crippen LogP contribution is 2.18. The van der Waals surface area contributed by atoms with Crippen molar-refractivity contribution in [2.24, 2.45) is 0 Å². The maximum absolute atomic E-state index is 12.5. The number of likely N-dealkylation sites (tertiary alicyclic amines) is 1. The number of aliphatic carboxylic acids is 2. The fourth-order valence-electron chi connectivity index (χ4n) is 3.14. The molecule has 1 saturated heterocycles. The molecule has 1 aliphatic heterocycles. The average molecular weight is 451 g/mol. The first kappa shape index (κ1) is 28.8. The van der Waals surface area contributed by atoms with E-state index in [1.807, 2.05) is 30.3 Å². The molecule has 0 saturated carbocycles. The van der Waals surface area contributed by atoms with Gasteiger partial charge in [0.15, 0.2) is 0 Å². The SMILES string of the molecule is C[C@H](NC(CCc1ccccc1)C(=O)O)C(=O)N1CCCC1C(=O)O.S.S.S. The van der Waals surface area contributed by atoms with Crippen molar-refractivity contribution in [3.05, 3.63) is 35.9 Å². The van der Waals surface area contributed by atoms with Crippen LogP contribution in [0.25, 0.3) is 0 Å². The van der Waals surface area contributed by atoms with Crippen LogP contribution in [-0.4, -0.2) is 57.6 Å². The van der Waals surface area contributed by atoms with Gasteiger partial charge in [-0.3, -0.25) is 14.9 Å². The van der Waals surface area contributed by atoms with Crippen LogP contribution in [-0.2, 0) is 20.8 Å². The van der Waals surface area contributed by atoms with Crippen molar-refractivity contribution in [1.82, 2.24) is 10.2 Å². The number of carboxylic acids is 2. The summed E-state index contributed by atoms with van der Waals surface area (Å²) in [5.74, 6) is -2.40. The number of benzene rings is 1. The summed E-state index contributed by atoms with van der Waals surface area (Å²) >= 11 is 0. The Kier molecular flexibility index (Phi) is 14.2. The van der Waals surface area contributed by atoms with Crippen molar-refractivity contribution >= 4 is 58.3 Å². The molecule has 3 atom stereocenters. The number of hydrogen-bond acceptors (Lipinski definition) is 4. The summed E-state index contributed by atoms with van der Waals surface area (Å²) in [6.07, 6.45) is 2.00. The van der Waals surface area contributed by atoms with Crippen LogP contribution < -0.4 is 5.32 Å². The highest BCUT2D eigenvalue weighted by Gasteiger charge is 2.36. The first-order chi connectivity index (χ1) is 11.9. The number of nitrogens with zero attached hydrogens (tertiary/aromatic N) is 1. The van der Waals surface area contributed by atoms with Gasteiger partial charge in [-0.05, 0) is 38.2 Å². The van der Waals surface area contributed by atoms with Crippen LogP contribution in [0.15, 0.2) is 30.3 Å². The average Bonchev–Trinajstić information content (AvgIpc) is 3.08. The number of carbonyl (C=O) groups is 3. The van der Waals surface area contributed by atoms with E-state index in [-0.39, 0.29) is 46.4 Å². The second kappa shape index (κ2) is 13.8. The van der Waals surface area contributed by atoms with Gasteiger partial charge in [0.05, 0.1) is 6.04 Å². The number of aryl methyl sites for hydroxylation is 1. The minimum absolute atomic E-state index is 0. The van der Waals surface area contributed by atoms with E-state index >= 15 is 0 Å². The molecule has 0 bridgehead atoms. The molecule has 160 valence electrons. The van der Waals surface area contributed by atoms with E-state index in [2.05, 4.69) is 5.32 Å². The first-order valence-electron chi connectivity index (χ1n) is 8.46. The lowest BCUT2D eigenvalue weighted by molar-refractivity contribution is -0.149. The van der Waals surface area contributed by atoms with E-state index in [0.717, 1.165) is 5.56 Å². The lowest BCUT2D eigenvalue weighted by atomic mass is 10.0. The Morgan fingerprint density at radius 3 is 2.29 bits per heavy atom. The summed E-state index contributed by atoms with van der Waals surface area (Å²) in [7, 11) is 0. The minimum Gasteiger partial charge on any atom is -0.480 e. The highest BCUT2D eigenvalue weighted by atomic mass is 32.1. The number of rotatable bonds is 8. The van der Waals surface area contributed by atoms with Crippen molar-refractivity contribution in [2.45, 2.75) is 50.7 Å². The van der Waals surface area contributed by atoms with Gasteiger partial charge in [0.1, 0.15) is 12.1 Å². The number of carbonyl (C=O) groups excluding carboxylic acids is 1. The van der Waals surface area contributed by atoms with Crippen LogP contribution >= 0.6 is 40.5 Å². The smallest absolute Gasteiger partial charge is 0.326 e. The van der Waals surface area contributed by atoms with Crippen LogP contribution in [0.3, 0.4) is 0 Å². The van der Waals surface area contributed by atoms with Gasteiger partial charge in [0, 0.05) is 6.54 Å². The molecule has 1 fully saturated rings. The Balaban J connectivity index is 0. The van der Waals surface area contributed by atoms with Gasteiger partial charge < -0.3 is 15.1 Å². The Morgan fingerprint density at radius 1 is 1.14 bits per heavy atom. The molecule has 0 aromatic heterocycles. The minimum atomic E-state index is -1.02. The largest absolute Gasteiger partial charge is 0.480 e. The van der Waals surface area contributed by atoms with Gasteiger partial charge in [-0.15, -0.1) is 0 Å². The molecular formula is C18H30N2O5S3. The quantitative estimate of drug-likeness (QED) is 0.554. The zero-order chi connectivity index (χ0) is 18.4. The number of nitrogens with one attached hydrogen (secondary N) is 1. The molecular weight excluding hydrogens is 420 g/mol. The van der Waals surface area contributed by atoms with Crippen LogP contribution in [0.2, 0.25) is 0 Å². The molecule has 1 aromatic carbocycles. The Bertz CT molecular complexity index is 633. The molecule has 28 heavy (non-hydrogen) atoms. The lowest BCUT2D eigenvalue weighted by Gasteiger charge is -2.27. The molecule has 0 aliphatic carbocycles. The number of amides is 1. The molecule has 2 rings (SSSR count). The summed E-state index contributed by atoms with van der Waals surface area (Å²) < 4.78 is 0. The number of carboxylic acid groups (broad SMARTS) is 2. The summed E-state index contributed by atoms with van der Waals surface area (Å²) in [5, 5.41) is 21.4. The van der Waals surface area contributed by atoms with Gasteiger partial charge in [-0.25, -0.2) is 4.79 Å². The predicted molar refractivity (Wildman–Crippen MR) is 122 cm³/mol. The van der Waals surface area contributed by atoms with E-state index < -0.39 is 30.1 Å². The third-order valence-corrected chi connectivity index (χ3v) is 4.51. The van der Waals surface area contributed by atoms with Crippen molar-refractivity contribution < 1.29 is 24.6 Å². The third-order valence-electron chi connectivity index (χ3n) is 4.51. The van der Waals surface area contributed by atoms with Crippen LogP contribution in [0.1, 0.15) is 31.7 Å². The van der Waals surface area contributed by atoms with Crippen LogP contribution in [0, 0.1) is 0 Å². The fraction of sp³-hybridized carbons (Fsp3) is 0.500. The van der Waals surface area contributed by atoms with E-state index in [0.29, 0.717) is 32.2 Å². The highest BCUT2D eigenvalue weighted by molar-refractivity contribution is 7.59. The van der Waals surface area contributed by atoms with Crippen molar-refractivity contribution in [2.75, 3.05) is 6.54 Å². The summed E-state index contributed by atoms with van der Waals surface area (Å²) in [4.78, 5) is 36.5. The molecule has 0 radical (unpaired) electrons. The van der Waals surface area contributed by atoms with Crippen LogP contribution in [0.5, 0.6) is 0 Å². The Morgan fingerprint density at radius 2 is 1.75 bits per heavy atom. The summed E-state index contributed by atoms with van der Waals surface area (Å²) in [5.41, 5.74) is 1.03. The summed E-state index contributed by atoms with van der Waals surface area (Å²) in [6.45, 7) is 1.97. The third kappa shape index (κ3) is 7.94. The molecule has 2 unspecified atom stereocenters. The maximum Gasteiger partial charge on any atom is 0.326 e. The predicted octanol–water partition coefficient (Wildman–Crippen LogP) is 1.46. The molecule has 1 aromatic rings. The van der Waals surface area contributed by atoms with Gasteiger partial charge in [-0.2, -0.15) is 40.5 Å². The van der Waals surface area contributed by atoms with Crippen molar-refractivity contribution in [3.8, 4) is 0 Å². The van der Waals surface area contributed by atoms with Crippen LogP contribution in [0.4, 0.5) is 0 Å². The lowest BCUT2D eigenvalue weighted by Crippen LogP contribution is -2.53. The second-order valence-corrected chi connectivity index (χ2v) is 6.33. The molecule has 1 heterocycles. The normalized spacial score (nSPS) is 17.3. The molecule has 7 nitrogen and oxygen atoms in total. The molecule has 3 N–H and O–H groups in total. The number of hydrogen-bond donors (Lipinski definition) is 3. The van der Waals surface area contributed by atoms with Crippen molar-refractivity contribution in [3.63, 3.8) is 0 Å². The standard InChI is InChI=1S/C18H24N2O5.3H2S/c1-12(16(21)20-11-5-8-15(20)18(24)25)19-14(17(22)23)10-9-13-6-3-2-4-7-13;;;/h2-4,6-7,12,14-15,19H,5,8-11H2,1H3,(H,22,23)(H,24,25);3*1H2/t12-,14?,15?;;;/m0.../s1.